The highest BCUT2D eigenvalue weighted by Crippen LogP contribution is 2.14. The summed E-state index contributed by atoms with van der Waals surface area (Å²) in [5.74, 6) is -2.06. The Hall–Kier alpha value is -5.09. The topological polar surface area (TPSA) is 108 Å². The molecule has 79 heavy (non-hydrogen) atoms. The van der Waals surface area contributed by atoms with Crippen LogP contribution in [0.4, 0.5) is 0 Å². The minimum Gasteiger partial charge on any atom is -0.477 e. The Morgan fingerprint density at radius 1 is 0.380 bits per heavy atom. The standard InChI is InChI=1S/C70H111NO8/c1-6-8-10-12-14-16-18-20-22-24-26-28-30-32-33-34-35-37-39-41-43-45-47-49-51-53-55-57-59-61-68(73)79-66(65-78-70(69(74)75)76-63-62-71(3,4)5)64-77-67(72)60-58-56-54-52-50-48-46-44-42-40-38-36-31-29-27-25-23-21-19-17-15-13-11-9-7-2/h8-11,14-17,20-23,26-29,32-33,35-38,41-44,66,70H,6-7,12-13,18-19,24-25,30-31,34,39-40,45-65H2,1-5H3/p+1/b10-8-,11-9-,16-14-,17-15-,22-20-,23-21-,28-26-,29-27-,33-32-,37-35-,38-36-,43-41-,44-42-. The Balaban J connectivity index is 4.34. The first kappa shape index (κ1) is 73.9. The molecule has 0 fully saturated rings. The van der Waals surface area contributed by atoms with E-state index in [9.17, 15) is 19.5 Å². The Morgan fingerprint density at radius 2 is 0.684 bits per heavy atom. The van der Waals surface area contributed by atoms with Crippen molar-refractivity contribution in [3.05, 3.63) is 158 Å². The van der Waals surface area contributed by atoms with Crippen molar-refractivity contribution in [1.82, 2.24) is 0 Å². The number of hydrogen-bond acceptors (Lipinski definition) is 7. The number of rotatable bonds is 54. The molecule has 2 atom stereocenters. The molecule has 444 valence electrons. The zero-order chi connectivity index (χ0) is 57.6. The predicted molar refractivity (Wildman–Crippen MR) is 336 cm³/mol. The number of carbonyl (C=O) groups excluding carboxylic acids is 2. The fourth-order valence-electron chi connectivity index (χ4n) is 7.64. The van der Waals surface area contributed by atoms with Crippen LogP contribution in [0, 0.1) is 0 Å². The van der Waals surface area contributed by atoms with Gasteiger partial charge in [-0.25, -0.2) is 4.79 Å². The highest BCUT2D eigenvalue weighted by Gasteiger charge is 2.25. The minimum atomic E-state index is -1.53. The average Bonchev–Trinajstić information content (AvgIpc) is 3.42. The maximum Gasteiger partial charge on any atom is 0.361 e. The fourth-order valence-corrected chi connectivity index (χ4v) is 7.64. The van der Waals surface area contributed by atoms with E-state index in [1.807, 2.05) is 21.1 Å². The third-order valence-electron chi connectivity index (χ3n) is 12.3. The molecule has 0 spiro atoms. The highest BCUT2D eigenvalue weighted by molar-refractivity contribution is 5.71. The molecular formula is C70H112NO8+. The molecule has 0 aromatic carbocycles. The third kappa shape index (κ3) is 60.4. The van der Waals surface area contributed by atoms with E-state index >= 15 is 0 Å². The van der Waals surface area contributed by atoms with Gasteiger partial charge in [-0.05, 0) is 122 Å². The second-order valence-corrected chi connectivity index (χ2v) is 20.9. The SMILES string of the molecule is CC/C=C\C/C=C\C/C=C\C/C=C\C/C=C\C/C=C\C/C=C\CCCCCCCCCC(=O)OC(COC(=O)CCCCCCCC/C=C\C/C=C\C/C=C\C/C=C\C/C=C\C/C=C\CC)COC(OCC[N+](C)(C)C)C(=O)O. The van der Waals surface area contributed by atoms with Gasteiger partial charge >= 0.3 is 17.9 Å². The summed E-state index contributed by atoms with van der Waals surface area (Å²) >= 11 is 0. The lowest BCUT2D eigenvalue weighted by Gasteiger charge is -2.25. The molecule has 0 aromatic rings. The van der Waals surface area contributed by atoms with E-state index in [0.717, 1.165) is 154 Å². The van der Waals surface area contributed by atoms with E-state index in [-0.39, 0.29) is 38.6 Å². The number of unbranched alkanes of at least 4 members (excludes halogenated alkanes) is 13. The van der Waals surface area contributed by atoms with Crippen LogP contribution in [0.1, 0.15) is 206 Å². The van der Waals surface area contributed by atoms with Crippen LogP contribution in [0.5, 0.6) is 0 Å². The van der Waals surface area contributed by atoms with Crippen LogP contribution in [0.3, 0.4) is 0 Å². The Bertz CT molecular complexity index is 1850. The molecule has 2 unspecified atom stereocenters. The van der Waals surface area contributed by atoms with Crippen molar-refractivity contribution in [2.75, 3.05) is 47.5 Å². The maximum absolute atomic E-state index is 12.9. The second kappa shape index (κ2) is 59.0. The van der Waals surface area contributed by atoms with E-state index in [0.29, 0.717) is 17.4 Å². The predicted octanol–water partition coefficient (Wildman–Crippen LogP) is 18.6. The smallest absolute Gasteiger partial charge is 0.361 e. The molecule has 0 aliphatic heterocycles. The van der Waals surface area contributed by atoms with Crippen molar-refractivity contribution in [2.24, 2.45) is 0 Å². The molecule has 0 aromatic heterocycles. The minimum absolute atomic E-state index is 0.173. The van der Waals surface area contributed by atoms with Gasteiger partial charge in [-0.3, -0.25) is 9.59 Å². The van der Waals surface area contributed by atoms with Gasteiger partial charge in [-0.15, -0.1) is 0 Å². The number of carboxylic acids is 1. The van der Waals surface area contributed by atoms with Crippen LogP contribution < -0.4 is 0 Å². The lowest BCUT2D eigenvalue weighted by molar-refractivity contribution is -0.870. The summed E-state index contributed by atoms with van der Waals surface area (Å²) < 4.78 is 22.9. The summed E-state index contributed by atoms with van der Waals surface area (Å²) in [5, 5.41) is 9.72. The van der Waals surface area contributed by atoms with Crippen LogP contribution in [0.25, 0.3) is 0 Å². The summed E-state index contributed by atoms with van der Waals surface area (Å²) in [5.41, 5.74) is 0. The van der Waals surface area contributed by atoms with Gasteiger partial charge in [-0.1, -0.05) is 230 Å². The number of nitrogens with zero attached hydrogens (tertiary/aromatic N) is 1. The third-order valence-corrected chi connectivity index (χ3v) is 12.3. The molecule has 0 aliphatic carbocycles. The number of aliphatic carboxylic acids is 1. The number of likely N-dealkylation sites (N-methyl/N-ethyl adjacent to an activating group) is 1. The van der Waals surface area contributed by atoms with Crippen LogP contribution >= 0.6 is 0 Å². The first-order valence-electron chi connectivity index (χ1n) is 30.6. The first-order valence-corrected chi connectivity index (χ1v) is 30.6. The molecule has 9 nitrogen and oxygen atoms in total. The van der Waals surface area contributed by atoms with Crippen molar-refractivity contribution in [1.29, 1.82) is 0 Å². The van der Waals surface area contributed by atoms with Gasteiger partial charge in [0.1, 0.15) is 13.2 Å². The molecule has 0 saturated carbocycles. The number of hydrogen-bond donors (Lipinski definition) is 1. The Labute approximate surface area is 483 Å². The lowest BCUT2D eigenvalue weighted by atomic mass is 10.1. The molecule has 0 aliphatic rings. The van der Waals surface area contributed by atoms with Gasteiger partial charge in [-0.2, -0.15) is 0 Å². The van der Waals surface area contributed by atoms with Crippen molar-refractivity contribution in [3.8, 4) is 0 Å². The van der Waals surface area contributed by atoms with Crippen molar-refractivity contribution in [3.63, 3.8) is 0 Å². The summed E-state index contributed by atoms with van der Waals surface area (Å²) in [6.07, 6.45) is 84.6. The van der Waals surface area contributed by atoms with Gasteiger partial charge in [0.25, 0.3) is 6.29 Å². The zero-order valence-electron chi connectivity index (χ0n) is 50.5. The fraction of sp³-hybridized carbons (Fsp3) is 0.586. The molecule has 1 N–H and O–H groups in total. The number of carbonyl (C=O) groups is 3. The van der Waals surface area contributed by atoms with Gasteiger partial charge < -0.3 is 28.5 Å². The van der Waals surface area contributed by atoms with Crippen molar-refractivity contribution < 1.29 is 42.9 Å². The van der Waals surface area contributed by atoms with Crippen molar-refractivity contribution >= 4 is 17.9 Å². The molecule has 0 amide bonds. The largest absolute Gasteiger partial charge is 0.477 e. The van der Waals surface area contributed by atoms with E-state index in [1.165, 1.54) is 19.3 Å². The van der Waals surface area contributed by atoms with Crippen LogP contribution in [-0.2, 0) is 33.3 Å². The Kier molecular flexibility index (Phi) is 55.2. The number of quaternary nitrogens is 1. The molecule has 0 rings (SSSR count). The lowest BCUT2D eigenvalue weighted by Crippen LogP contribution is -2.40. The summed E-state index contributed by atoms with van der Waals surface area (Å²) in [6.45, 7) is 4.59. The Morgan fingerprint density at radius 3 is 1.01 bits per heavy atom. The summed E-state index contributed by atoms with van der Waals surface area (Å²) in [4.78, 5) is 37.5. The van der Waals surface area contributed by atoms with Gasteiger partial charge in [0.05, 0.1) is 34.4 Å². The number of esters is 2. The highest BCUT2D eigenvalue weighted by atomic mass is 16.7. The number of allylic oxidation sites excluding steroid dienone is 26. The average molecular weight is 1100 g/mol. The van der Waals surface area contributed by atoms with E-state index < -0.39 is 24.3 Å². The van der Waals surface area contributed by atoms with Crippen LogP contribution in [0.2, 0.25) is 0 Å². The van der Waals surface area contributed by atoms with Crippen LogP contribution in [-0.4, -0.2) is 87.4 Å². The summed E-state index contributed by atoms with van der Waals surface area (Å²) in [7, 11) is 5.95. The maximum atomic E-state index is 12.9. The summed E-state index contributed by atoms with van der Waals surface area (Å²) in [6, 6.07) is 0. The normalized spacial score (nSPS) is 13.9. The molecule has 0 bridgehead atoms. The molecule has 0 radical (unpaired) electrons. The monoisotopic (exact) mass is 1090 g/mol. The first-order chi connectivity index (χ1) is 38.6. The molecule has 0 heterocycles. The zero-order valence-corrected chi connectivity index (χ0v) is 50.5. The second-order valence-electron chi connectivity index (χ2n) is 20.9. The molecule has 9 heteroatoms. The van der Waals surface area contributed by atoms with E-state index in [2.05, 4.69) is 172 Å². The van der Waals surface area contributed by atoms with Crippen molar-refractivity contribution in [2.45, 2.75) is 219 Å². The quantitative estimate of drug-likeness (QED) is 0.0211. The molecule has 0 saturated heterocycles. The van der Waals surface area contributed by atoms with Gasteiger partial charge in [0.15, 0.2) is 6.10 Å². The van der Waals surface area contributed by atoms with Gasteiger partial charge in [0.2, 0.25) is 0 Å². The number of carboxylic acid groups (broad SMARTS) is 1. The van der Waals surface area contributed by atoms with E-state index in [1.54, 1.807) is 0 Å². The molecular weight excluding hydrogens is 983 g/mol. The number of ether oxygens (including phenoxy) is 4. The van der Waals surface area contributed by atoms with E-state index in [4.69, 9.17) is 18.9 Å². The van der Waals surface area contributed by atoms with Crippen LogP contribution in [0.15, 0.2) is 158 Å². The van der Waals surface area contributed by atoms with Gasteiger partial charge in [0, 0.05) is 12.8 Å².